The van der Waals surface area contributed by atoms with Gasteiger partial charge in [0.1, 0.15) is 0 Å². The van der Waals surface area contributed by atoms with Gasteiger partial charge in [0, 0.05) is 12.7 Å². The van der Waals surface area contributed by atoms with Crippen molar-refractivity contribution < 1.29 is 4.79 Å². The zero-order chi connectivity index (χ0) is 8.27. The molecule has 1 aromatic heterocycles. The number of hydrogen-bond acceptors (Lipinski definition) is 3. The van der Waals surface area contributed by atoms with Crippen molar-refractivity contribution in [1.29, 1.82) is 0 Å². The lowest BCUT2D eigenvalue weighted by Gasteiger charge is -1.96. The van der Waals surface area contributed by atoms with Gasteiger partial charge in [-0.25, -0.2) is 0 Å². The first-order valence-corrected chi connectivity index (χ1v) is 3.19. The van der Waals surface area contributed by atoms with Crippen molar-refractivity contribution in [2.24, 2.45) is 11.5 Å². The Hall–Kier alpha value is -1.42. The van der Waals surface area contributed by atoms with Crippen molar-refractivity contribution >= 4 is 5.91 Å². The van der Waals surface area contributed by atoms with E-state index in [1.165, 1.54) is 6.20 Å². The van der Waals surface area contributed by atoms with Gasteiger partial charge in [-0.2, -0.15) is 0 Å². The van der Waals surface area contributed by atoms with Crippen LogP contribution in [0, 0.1) is 0 Å². The third-order valence-electron chi connectivity index (χ3n) is 1.32. The summed E-state index contributed by atoms with van der Waals surface area (Å²) in [5.74, 6) is -0.471. The Labute approximate surface area is 64.2 Å². The molecule has 0 fully saturated rings. The van der Waals surface area contributed by atoms with Gasteiger partial charge in [-0.15, -0.1) is 0 Å². The summed E-state index contributed by atoms with van der Waals surface area (Å²) in [7, 11) is 0. The van der Waals surface area contributed by atoms with Gasteiger partial charge in [0.25, 0.3) is 0 Å². The number of primary amides is 1. The predicted molar refractivity (Wildman–Crippen MR) is 40.6 cm³/mol. The van der Waals surface area contributed by atoms with Crippen molar-refractivity contribution in [3.8, 4) is 0 Å². The molecule has 0 spiro atoms. The Morgan fingerprint density at radius 3 is 2.64 bits per heavy atom. The maximum absolute atomic E-state index is 10.6. The average molecular weight is 151 g/mol. The molecule has 0 aliphatic carbocycles. The minimum atomic E-state index is -0.471. The third kappa shape index (κ3) is 1.75. The highest BCUT2D eigenvalue weighted by atomic mass is 16.1. The standard InChI is InChI=1S/C7H9N3O/c8-3-6-2-1-5(4-10-6)7(9)11/h1-2,4H,3,8H2,(H2,9,11). The molecule has 58 valence electrons. The van der Waals surface area contributed by atoms with Gasteiger partial charge in [-0.3, -0.25) is 9.78 Å². The number of nitrogens with two attached hydrogens (primary N) is 2. The Morgan fingerprint density at radius 1 is 1.55 bits per heavy atom. The summed E-state index contributed by atoms with van der Waals surface area (Å²) < 4.78 is 0. The van der Waals surface area contributed by atoms with Crippen molar-refractivity contribution in [3.05, 3.63) is 29.6 Å². The van der Waals surface area contributed by atoms with Crippen molar-refractivity contribution in [2.75, 3.05) is 0 Å². The van der Waals surface area contributed by atoms with Crippen molar-refractivity contribution in [3.63, 3.8) is 0 Å². The second kappa shape index (κ2) is 3.12. The molecular weight excluding hydrogens is 142 g/mol. The normalized spacial score (nSPS) is 9.55. The quantitative estimate of drug-likeness (QED) is 0.605. The number of amides is 1. The maximum Gasteiger partial charge on any atom is 0.250 e. The number of carbonyl (C=O) groups excluding carboxylic acids is 1. The molecule has 4 heteroatoms. The maximum atomic E-state index is 10.6. The molecule has 11 heavy (non-hydrogen) atoms. The average Bonchev–Trinajstić information content (AvgIpc) is 2.05. The lowest BCUT2D eigenvalue weighted by atomic mass is 10.2. The van der Waals surface area contributed by atoms with Crippen LogP contribution in [0.5, 0.6) is 0 Å². The van der Waals surface area contributed by atoms with Gasteiger partial charge >= 0.3 is 0 Å². The molecule has 1 heterocycles. The number of nitrogens with zero attached hydrogens (tertiary/aromatic N) is 1. The van der Waals surface area contributed by atoms with E-state index in [2.05, 4.69) is 4.98 Å². The highest BCUT2D eigenvalue weighted by Crippen LogP contribution is 1.97. The first-order chi connectivity index (χ1) is 5.24. The molecule has 4 N–H and O–H groups in total. The monoisotopic (exact) mass is 151 g/mol. The molecule has 0 saturated carbocycles. The van der Waals surface area contributed by atoms with Gasteiger partial charge in [0.2, 0.25) is 5.91 Å². The van der Waals surface area contributed by atoms with E-state index in [0.29, 0.717) is 12.1 Å². The van der Waals surface area contributed by atoms with Gasteiger partial charge in [0.15, 0.2) is 0 Å². The Balaban J connectivity index is 2.91. The molecular formula is C7H9N3O. The minimum absolute atomic E-state index is 0.374. The largest absolute Gasteiger partial charge is 0.366 e. The fraction of sp³-hybridized carbons (Fsp3) is 0.143. The van der Waals surface area contributed by atoms with E-state index in [1.807, 2.05) is 0 Å². The molecule has 0 unspecified atom stereocenters. The van der Waals surface area contributed by atoms with Crippen molar-refractivity contribution in [1.82, 2.24) is 4.98 Å². The minimum Gasteiger partial charge on any atom is -0.366 e. The van der Waals surface area contributed by atoms with Crippen LogP contribution in [0.25, 0.3) is 0 Å². The van der Waals surface area contributed by atoms with Crippen LogP contribution in [0.4, 0.5) is 0 Å². The summed E-state index contributed by atoms with van der Waals surface area (Å²) in [6.07, 6.45) is 1.42. The Bertz CT molecular complexity index is 255. The molecule has 0 aliphatic rings. The molecule has 0 saturated heterocycles. The van der Waals surface area contributed by atoms with E-state index < -0.39 is 5.91 Å². The first-order valence-electron chi connectivity index (χ1n) is 3.19. The summed E-state index contributed by atoms with van der Waals surface area (Å²) in [5.41, 5.74) is 11.4. The molecule has 1 aromatic rings. The van der Waals surface area contributed by atoms with E-state index in [1.54, 1.807) is 12.1 Å². The highest BCUT2D eigenvalue weighted by Gasteiger charge is 1.98. The summed E-state index contributed by atoms with van der Waals surface area (Å²) >= 11 is 0. The lowest BCUT2D eigenvalue weighted by molar-refractivity contribution is 0.1000. The van der Waals surface area contributed by atoms with E-state index in [0.717, 1.165) is 5.69 Å². The van der Waals surface area contributed by atoms with Gasteiger partial charge in [-0.05, 0) is 12.1 Å². The third-order valence-corrected chi connectivity index (χ3v) is 1.32. The van der Waals surface area contributed by atoms with Gasteiger partial charge < -0.3 is 11.5 Å². The fourth-order valence-corrected chi connectivity index (χ4v) is 0.691. The number of aromatic nitrogens is 1. The van der Waals surface area contributed by atoms with Crippen molar-refractivity contribution in [2.45, 2.75) is 6.54 Å². The first kappa shape index (κ1) is 7.68. The topological polar surface area (TPSA) is 82.0 Å². The summed E-state index contributed by atoms with van der Waals surface area (Å²) in [5, 5.41) is 0. The van der Waals surface area contributed by atoms with Crippen LogP contribution in [-0.2, 0) is 6.54 Å². The van der Waals surface area contributed by atoms with Crippen LogP contribution in [0.3, 0.4) is 0 Å². The molecule has 4 nitrogen and oxygen atoms in total. The van der Waals surface area contributed by atoms with Crippen LogP contribution in [0.15, 0.2) is 18.3 Å². The van der Waals surface area contributed by atoms with E-state index in [4.69, 9.17) is 11.5 Å². The molecule has 0 radical (unpaired) electrons. The van der Waals surface area contributed by atoms with Crippen LogP contribution in [-0.4, -0.2) is 10.9 Å². The highest BCUT2D eigenvalue weighted by molar-refractivity contribution is 5.92. The van der Waals surface area contributed by atoms with E-state index in [9.17, 15) is 4.79 Å². The second-order valence-corrected chi connectivity index (χ2v) is 2.11. The van der Waals surface area contributed by atoms with Crippen LogP contribution in [0.1, 0.15) is 16.1 Å². The zero-order valence-electron chi connectivity index (χ0n) is 5.95. The molecule has 0 atom stereocenters. The summed E-state index contributed by atoms with van der Waals surface area (Å²) in [4.78, 5) is 14.4. The van der Waals surface area contributed by atoms with Gasteiger partial charge in [0.05, 0.1) is 11.3 Å². The summed E-state index contributed by atoms with van der Waals surface area (Å²) in [6.45, 7) is 0.374. The summed E-state index contributed by atoms with van der Waals surface area (Å²) in [6, 6.07) is 3.29. The second-order valence-electron chi connectivity index (χ2n) is 2.11. The van der Waals surface area contributed by atoms with Crippen LogP contribution < -0.4 is 11.5 Å². The van der Waals surface area contributed by atoms with E-state index in [-0.39, 0.29) is 0 Å². The number of rotatable bonds is 2. The molecule has 0 aliphatic heterocycles. The number of hydrogen-bond donors (Lipinski definition) is 2. The predicted octanol–water partition coefficient (Wildman–Crippen LogP) is -0.361. The smallest absolute Gasteiger partial charge is 0.250 e. The fourth-order valence-electron chi connectivity index (χ4n) is 0.691. The van der Waals surface area contributed by atoms with E-state index >= 15 is 0 Å². The van der Waals surface area contributed by atoms with Crippen LogP contribution in [0.2, 0.25) is 0 Å². The van der Waals surface area contributed by atoms with Crippen LogP contribution >= 0.6 is 0 Å². The SMILES string of the molecule is NCc1ccc(C(N)=O)cn1. The number of pyridine rings is 1. The molecule has 1 amide bonds. The Kier molecular flexibility index (Phi) is 2.18. The van der Waals surface area contributed by atoms with Gasteiger partial charge in [-0.1, -0.05) is 0 Å². The molecule has 0 bridgehead atoms. The zero-order valence-corrected chi connectivity index (χ0v) is 5.95. The Morgan fingerprint density at radius 2 is 2.27 bits per heavy atom. The lowest BCUT2D eigenvalue weighted by Crippen LogP contribution is -2.11. The molecule has 1 rings (SSSR count). The number of carbonyl (C=O) groups is 1. The molecule has 0 aromatic carbocycles.